The summed E-state index contributed by atoms with van der Waals surface area (Å²) >= 11 is 0. The molecule has 1 aliphatic rings. The zero-order chi connectivity index (χ0) is 16.8. The van der Waals surface area contributed by atoms with Gasteiger partial charge >= 0.3 is 0 Å². The first-order valence-electron chi connectivity index (χ1n) is 8.39. The van der Waals surface area contributed by atoms with Crippen LogP contribution >= 0.6 is 0 Å². The van der Waals surface area contributed by atoms with Gasteiger partial charge in [-0.3, -0.25) is 9.69 Å². The summed E-state index contributed by atoms with van der Waals surface area (Å²) in [5, 5.41) is 5.98. The quantitative estimate of drug-likeness (QED) is 0.809. The lowest BCUT2D eigenvalue weighted by molar-refractivity contribution is 0.0933. The molecule has 7 heteroatoms. The second-order valence-corrected chi connectivity index (χ2v) is 5.81. The molecule has 7 nitrogen and oxygen atoms in total. The van der Waals surface area contributed by atoms with E-state index in [0.717, 1.165) is 25.4 Å². The SMILES string of the molecule is CCNc1ncc(C(=O)NC[C@@H](c2ccco2)N2CCCC2)cn1. The van der Waals surface area contributed by atoms with E-state index in [9.17, 15) is 4.79 Å². The van der Waals surface area contributed by atoms with Gasteiger partial charge < -0.3 is 15.1 Å². The van der Waals surface area contributed by atoms with Crippen molar-refractivity contribution in [2.75, 3.05) is 31.5 Å². The van der Waals surface area contributed by atoms with Gasteiger partial charge in [0.15, 0.2) is 0 Å². The highest BCUT2D eigenvalue weighted by Gasteiger charge is 2.26. The van der Waals surface area contributed by atoms with Gasteiger partial charge in [-0.15, -0.1) is 0 Å². The zero-order valence-corrected chi connectivity index (χ0v) is 13.9. The molecule has 2 aromatic rings. The molecule has 0 unspecified atom stereocenters. The summed E-state index contributed by atoms with van der Waals surface area (Å²) in [4.78, 5) is 23.0. The molecule has 1 atom stereocenters. The van der Waals surface area contributed by atoms with Crippen molar-refractivity contribution >= 4 is 11.9 Å². The van der Waals surface area contributed by atoms with Gasteiger partial charge in [-0.2, -0.15) is 0 Å². The molecule has 1 saturated heterocycles. The number of hydrogen-bond acceptors (Lipinski definition) is 6. The van der Waals surface area contributed by atoms with Crippen LogP contribution < -0.4 is 10.6 Å². The smallest absolute Gasteiger partial charge is 0.254 e. The van der Waals surface area contributed by atoms with Crippen molar-refractivity contribution in [2.24, 2.45) is 0 Å². The predicted molar refractivity (Wildman–Crippen MR) is 90.8 cm³/mol. The van der Waals surface area contributed by atoms with Gasteiger partial charge in [0.05, 0.1) is 17.9 Å². The van der Waals surface area contributed by atoms with Crippen molar-refractivity contribution in [2.45, 2.75) is 25.8 Å². The van der Waals surface area contributed by atoms with Crippen LogP contribution in [-0.4, -0.2) is 47.0 Å². The van der Waals surface area contributed by atoms with E-state index in [1.165, 1.54) is 25.2 Å². The first-order valence-corrected chi connectivity index (χ1v) is 8.39. The van der Waals surface area contributed by atoms with E-state index < -0.39 is 0 Å². The molecule has 2 N–H and O–H groups in total. The van der Waals surface area contributed by atoms with Crippen molar-refractivity contribution < 1.29 is 9.21 Å². The summed E-state index contributed by atoms with van der Waals surface area (Å²) in [7, 11) is 0. The molecule has 0 aromatic carbocycles. The highest BCUT2D eigenvalue weighted by molar-refractivity contribution is 5.93. The first-order chi connectivity index (χ1) is 11.8. The number of aromatic nitrogens is 2. The molecule has 1 fully saturated rings. The van der Waals surface area contributed by atoms with Crippen LogP contribution in [-0.2, 0) is 0 Å². The van der Waals surface area contributed by atoms with Crippen LogP contribution in [0.1, 0.15) is 41.9 Å². The van der Waals surface area contributed by atoms with Gasteiger partial charge in [0.25, 0.3) is 5.91 Å². The molecule has 0 bridgehead atoms. The lowest BCUT2D eigenvalue weighted by atomic mass is 10.2. The largest absolute Gasteiger partial charge is 0.468 e. The lowest BCUT2D eigenvalue weighted by Gasteiger charge is -2.25. The highest BCUT2D eigenvalue weighted by Crippen LogP contribution is 2.24. The van der Waals surface area contributed by atoms with Gasteiger partial charge in [0.2, 0.25) is 5.95 Å². The van der Waals surface area contributed by atoms with E-state index in [4.69, 9.17) is 4.42 Å². The second-order valence-electron chi connectivity index (χ2n) is 5.81. The van der Waals surface area contributed by atoms with Gasteiger partial charge in [0, 0.05) is 25.5 Å². The Morgan fingerprint density at radius 1 is 1.33 bits per heavy atom. The Bertz CT molecular complexity index is 636. The van der Waals surface area contributed by atoms with Crippen LogP contribution in [0.2, 0.25) is 0 Å². The number of carbonyl (C=O) groups excluding carboxylic acids is 1. The van der Waals surface area contributed by atoms with Crippen LogP contribution in [0.5, 0.6) is 0 Å². The van der Waals surface area contributed by atoms with Crippen LogP contribution in [0.15, 0.2) is 35.2 Å². The number of amides is 1. The van der Waals surface area contributed by atoms with Crippen LogP contribution in [0, 0.1) is 0 Å². The van der Waals surface area contributed by atoms with Crippen molar-refractivity contribution in [1.82, 2.24) is 20.2 Å². The topological polar surface area (TPSA) is 83.3 Å². The minimum atomic E-state index is -0.172. The van der Waals surface area contributed by atoms with Crippen LogP contribution in [0.4, 0.5) is 5.95 Å². The predicted octanol–water partition coefficient (Wildman–Crippen LogP) is 2.07. The maximum Gasteiger partial charge on any atom is 0.254 e. The molecule has 0 radical (unpaired) electrons. The molecule has 1 amide bonds. The minimum Gasteiger partial charge on any atom is -0.468 e. The summed E-state index contributed by atoms with van der Waals surface area (Å²) < 4.78 is 5.56. The van der Waals surface area contributed by atoms with Gasteiger partial charge in [0.1, 0.15) is 5.76 Å². The maximum absolute atomic E-state index is 12.3. The maximum atomic E-state index is 12.3. The fourth-order valence-corrected chi connectivity index (χ4v) is 2.93. The molecule has 1 aliphatic heterocycles. The van der Waals surface area contributed by atoms with Gasteiger partial charge in [-0.05, 0) is 45.0 Å². The summed E-state index contributed by atoms with van der Waals surface area (Å²) in [5.74, 6) is 1.24. The molecule has 3 heterocycles. The van der Waals surface area contributed by atoms with E-state index >= 15 is 0 Å². The summed E-state index contributed by atoms with van der Waals surface area (Å²) in [5.41, 5.74) is 0.455. The fraction of sp³-hybridized carbons (Fsp3) is 0.471. The normalized spacial score (nSPS) is 16.0. The number of likely N-dealkylation sites (tertiary alicyclic amines) is 1. The molecule has 3 rings (SSSR count). The third-order valence-corrected chi connectivity index (χ3v) is 4.16. The third-order valence-electron chi connectivity index (χ3n) is 4.16. The average molecular weight is 329 g/mol. The van der Waals surface area contributed by atoms with Crippen LogP contribution in [0.25, 0.3) is 0 Å². The number of rotatable bonds is 7. The van der Waals surface area contributed by atoms with E-state index in [2.05, 4.69) is 25.5 Å². The Balaban J connectivity index is 1.62. The van der Waals surface area contributed by atoms with Gasteiger partial charge in [-0.25, -0.2) is 9.97 Å². The molecular weight excluding hydrogens is 306 g/mol. The Morgan fingerprint density at radius 2 is 2.08 bits per heavy atom. The molecular formula is C17H23N5O2. The Hall–Kier alpha value is -2.41. The minimum absolute atomic E-state index is 0.0633. The number of furan rings is 1. The number of nitrogens with zero attached hydrogens (tertiary/aromatic N) is 3. The molecule has 24 heavy (non-hydrogen) atoms. The second kappa shape index (κ2) is 7.92. The summed E-state index contributed by atoms with van der Waals surface area (Å²) in [6.07, 6.45) is 7.12. The van der Waals surface area contributed by atoms with Crippen molar-refractivity contribution in [3.8, 4) is 0 Å². The number of carbonyl (C=O) groups is 1. The van der Waals surface area contributed by atoms with E-state index in [0.29, 0.717) is 18.1 Å². The molecule has 0 aliphatic carbocycles. The lowest BCUT2D eigenvalue weighted by Crippen LogP contribution is -2.36. The monoisotopic (exact) mass is 329 g/mol. The number of nitrogens with one attached hydrogen (secondary N) is 2. The summed E-state index contributed by atoms with van der Waals surface area (Å²) in [6, 6.07) is 3.91. The van der Waals surface area contributed by atoms with E-state index in [-0.39, 0.29) is 11.9 Å². The number of hydrogen-bond donors (Lipinski definition) is 2. The standard InChI is InChI=1S/C17H23N5O2/c1-2-18-17-20-10-13(11-21-17)16(23)19-12-14(15-6-5-9-24-15)22-7-3-4-8-22/h5-6,9-11,14H,2-4,7-8,12H2,1H3,(H,19,23)(H,18,20,21)/t14-/m0/s1. The Kier molecular flexibility index (Phi) is 5.43. The zero-order valence-electron chi connectivity index (χ0n) is 13.9. The molecule has 2 aromatic heterocycles. The summed E-state index contributed by atoms with van der Waals surface area (Å²) in [6.45, 7) is 5.27. The average Bonchev–Trinajstić information content (AvgIpc) is 3.30. The highest BCUT2D eigenvalue weighted by atomic mass is 16.3. The number of anilines is 1. The van der Waals surface area contributed by atoms with E-state index in [1.54, 1.807) is 6.26 Å². The Labute approximate surface area is 141 Å². The molecule has 0 spiro atoms. The van der Waals surface area contributed by atoms with Gasteiger partial charge in [-0.1, -0.05) is 0 Å². The first kappa shape index (κ1) is 16.4. The third kappa shape index (κ3) is 3.91. The molecule has 128 valence electrons. The van der Waals surface area contributed by atoms with E-state index in [1.807, 2.05) is 19.1 Å². The Morgan fingerprint density at radius 3 is 2.71 bits per heavy atom. The fourth-order valence-electron chi connectivity index (χ4n) is 2.93. The molecule has 0 saturated carbocycles. The van der Waals surface area contributed by atoms with Crippen molar-refractivity contribution in [3.05, 3.63) is 42.1 Å². The van der Waals surface area contributed by atoms with Crippen molar-refractivity contribution in [1.29, 1.82) is 0 Å². The van der Waals surface area contributed by atoms with Crippen molar-refractivity contribution in [3.63, 3.8) is 0 Å². The van der Waals surface area contributed by atoms with Crippen LogP contribution in [0.3, 0.4) is 0 Å².